The fraction of sp³-hybridized carbons (Fsp3) is 0.520. The van der Waals surface area contributed by atoms with Crippen LogP contribution in [0, 0.1) is 6.92 Å². The molecule has 1 aliphatic rings. The van der Waals surface area contributed by atoms with Crippen LogP contribution in [0.5, 0.6) is 5.75 Å². The maximum atomic E-state index is 6.05. The van der Waals surface area contributed by atoms with Gasteiger partial charge in [0.05, 0.1) is 19.0 Å². The summed E-state index contributed by atoms with van der Waals surface area (Å²) in [6.45, 7) is 15.4. The Balaban J connectivity index is 1.90. The van der Waals surface area contributed by atoms with Crippen molar-refractivity contribution in [2.45, 2.75) is 46.5 Å². The van der Waals surface area contributed by atoms with Crippen LogP contribution in [0.4, 0.5) is 11.4 Å². The van der Waals surface area contributed by atoms with E-state index < -0.39 is 0 Å². The summed E-state index contributed by atoms with van der Waals surface area (Å²) in [5.74, 6) is 1.96. The predicted molar refractivity (Wildman–Crippen MR) is 123 cm³/mol. The maximum Gasteiger partial charge on any atom is 0.143 e. The van der Waals surface area contributed by atoms with Crippen molar-refractivity contribution >= 4 is 11.4 Å². The summed E-state index contributed by atoms with van der Waals surface area (Å²) in [6, 6.07) is 13.1. The molecule has 0 amide bonds. The van der Waals surface area contributed by atoms with Gasteiger partial charge >= 0.3 is 0 Å². The third-order valence-electron chi connectivity index (χ3n) is 5.70. The van der Waals surface area contributed by atoms with Crippen molar-refractivity contribution in [3.8, 4) is 5.75 Å². The van der Waals surface area contributed by atoms with Gasteiger partial charge in [-0.15, -0.1) is 0 Å². The highest BCUT2D eigenvalue weighted by Gasteiger charge is 2.28. The second kappa shape index (κ2) is 9.53. The van der Waals surface area contributed by atoms with Gasteiger partial charge in [0.15, 0.2) is 0 Å². The van der Waals surface area contributed by atoms with E-state index in [4.69, 9.17) is 9.47 Å². The zero-order chi connectivity index (χ0) is 21.0. The van der Waals surface area contributed by atoms with Gasteiger partial charge in [-0.2, -0.15) is 0 Å². The van der Waals surface area contributed by atoms with Gasteiger partial charge in [0.25, 0.3) is 0 Å². The Morgan fingerprint density at radius 1 is 0.828 bits per heavy atom. The molecule has 0 spiro atoms. The average molecular weight is 397 g/mol. The van der Waals surface area contributed by atoms with Crippen LogP contribution >= 0.6 is 0 Å². The molecule has 2 aromatic rings. The quantitative estimate of drug-likeness (QED) is 0.546. The molecule has 1 fully saturated rings. The molecule has 0 bridgehead atoms. The Labute approximate surface area is 176 Å². The number of anilines is 2. The third-order valence-corrected chi connectivity index (χ3v) is 5.70. The molecule has 0 radical (unpaired) electrons. The summed E-state index contributed by atoms with van der Waals surface area (Å²) >= 11 is 0. The van der Waals surface area contributed by atoms with E-state index in [1.54, 1.807) is 7.11 Å². The molecule has 0 aliphatic carbocycles. The Hall–Kier alpha value is -2.20. The molecule has 0 atom stereocenters. The second-order valence-corrected chi connectivity index (χ2v) is 8.53. The van der Waals surface area contributed by atoms with Crippen molar-refractivity contribution < 1.29 is 9.47 Å². The monoisotopic (exact) mass is 396 g/mol. The lowest BCUT2D eigenvalue weighted by Crippen LogP contribution is -2.28. The number of hydrogen-bond acceptors (Lipinski definition) is 4. The van der Waals surface area contributed by atoms with Crippen LogP contribution in [-0.2, 0) is 4.74 Å². The molecule has 29 heavy (non-hydrogen) atoms. The highest BCUT2D eigenvalue weighted by molar-refractivity contribution is 5.68. The molecule has 0 N–H and O–H groups in total. The van der Waals surface area contributed by atoms with E-state index in [2.05, 4.69) is 80.8 Å². The number of rotatable bonds is 8. The van der Waals surface area contributed by atoms with Crippen LogP contribution in [-0.4, -0.2) is 40.1 Å². The molecule has 4 nitrogen and oxygen atoms in total. The van der Waals surface area contributed by atoms with Crippen LogP contribution in [0.1, 0.15) is 56.2 Å². The summed E-state index contributed by atoms with van der Waals surface area (Å²) in [6.07, 6.45) is 0. The lowest BCUT2D eigenvalue weighted by Gasteiger charge is -2.29. The Kier molecular flexibility index (Phi) is 7.07. The summed E-state index contributed by atoms with van der Waals surface area (Å²) < 4.78 is 11.2. The number of ether oxygens (including phenoxy) is 2. The van der Waals surface area contributed by atoms with Crippen molar-refractivity contribution in [1.82, 2.24) is 0 Å². The molecular weight excluding hydrogens is 360 g/mol. The predicted octanol–water partition coefficient (Wildman–Crippen LogP) is 5.55. The van der Waals surface area contributed by atoms with Crippen LogP contribution < -0.4 is 14.5 Å². The van der Waals surface area contributed by atoms with Gasteiger partial charge in [-0.05, 0) is 41.5 Å². The maximum absolute atomic E-state index is 6.05. The number of benzene rings is 2. The molecule has 158 valence electrons. The Bertz CT molecular complexity index is 790. The minimum atomic E-state index is 0.504. The molecule has 0 unspecified atom stereocenters. The van der Waals surface area contributed by atoms with Gasteiger partial charge in [-0.3, -0.25) is 0 Å². The van der Waals surface area contributed by atoms with E-state index in [9.17, 15) is 0 Å². The Morgan fingerprint density at radius 3 is 2.00 bits per heavy atom. The average Bonchev–Trinajstić information content (AvgIpc) is 3.16. The molecule has 3 rings (SSSR count). The van der Waals surface area contributed by atoms with Crippen molar-refractivity contribution in [1.29, 1.82) is 0 Å². The lowest BCUT2D eigenvalue weighted by atomic mass is 9.92. The fourth-order valence-electron chi connectivity index (χ4n) is 4.22. The summed E-state index contributed by atoms with van der Waals surface area (Å²) in [4.78, 5) is 5.01. The smallest absolute Gasteiger partial charge is 0.143 e. The topological polar surface area (TPSA) is 24.9 Å². The van der Waals surface area contributed by atoms with E-state index in [-0.39, 0.29) is 0 Å². The summed E-state index contributed by atoms with van der Waals surface area (Å²) in [5, 5.41) is 0. The number of methoxy groups -OCH3 is 1. The third kappa shape index (κ3) is 4.69. The minimum Gasteiger partial charge on any atom is -0.489 e. The first-order valence-corrected chi connectivity index (χ1v) is 10.8. The number of para-hydroxylation sites is 2. The van der Waals surface area contributed by atoms with Crippen molar-refractivity contribution in [2.24, 2.45) is 0 Å². The number of aryl methyl sites for hydroxylation is 1. The fourth-order valence-corrected chi connectivity index (χ4v) is 4.22. The molecule has 2 aromatic carbocycles. The Morgan fingerprint density at radius 2 is 1.41 bits per heavy atom. The van der Waals surface area contributed by atoms with Gasteiger partial charge in [0.1, 0.15) is 12.4 Å². The highest BCUT2D eigenvalue weighted by atomic mass is 16.5. The number of nitrogens with zero attached hydrogens (tertiary/aromatic N) is 2. The van der Waals surface area contributed by atoms with Crippen molar-refractivity contribution in [3.05, 3.63) is 53.1 Å². The first-order chi connectivity index (χ1) is 13.9. The minimum absolute atomic E-state index is 0.504. The van der Waals surface area contributed by atoms with Gasteiger partial charge < -0.3 is 19.3 Å². The standard InChI is InChI=1S/C25H36N2O2/c1-18(2)21-10-8-11-22(19(3)4)25(21)27-14-13-26(17-27)24-20(5)9-7-12-23(24)29-16-15-28-6/h7-12,18-19H,13-17H2,1-6H3. The SMILES string of the molecule is COCCOc1cccc(C)c1N1CCN(c2c(C(C)C)cccc2C(C)C)C1. The van der Waals surface area contributed by atoms with Gasteiger partial charge in [0, 0.05) is 25.9 Å². The molecule has 0 aromatic heterocycles. The van der Waals surface area contributed by atoms with E-state index in [1.165, 1.54) is 28.1 Å². The highest BCUT2D eigenvalue weighted by Crippen LogP contribution is 2.39. The zero-order valence-electron chi connectivity index (χ0n) is 18.9. The normalized spacial score (nSPS) is 14.3. The van der Waals surface area contributed by atoms with E-state index in [0.29, 0.717) is 25.0 Å². The number of hydrogen-bond donors (Lipinski definition) is 0. The van der Waals surface area contributed by atoms with E-state index >= 15 is 0 Å². The molecule has 0 saturated carbocycles. The first kappa shape index (κ1) is 21.5. The van der Waals surface area contributed by atoms with Gasteiger partial charge in [-0.25, -0.2) is 0 Å². The van der Waals surface area contributed by atoms with Crippen LogP contribution in [0.25, 0.3) is 0 Å². The molecule has 4 heteroatoms. The van der Waals surface area contributed by atoms with Crippen LogP contribution in [0.15, 0.2) is 36.4 Å². The van der Waals surface area contributed by atoms with Crippen LogP contribution in [0.3, 0.4) is 0 Å². The second-order valence-electron chi connectivity index (χ2n) is 8.53. The zero-order valence-corrected chi connectivity index (χ0v) is 18.9. The van der Waals surface area contributed by atoms with Crippen molar-refractivity contribution in [2.75, 3.05) is 49.9 Å². The van der Waals surface area contributed by atoms with Gasteiger partial charge in [0.2, 0.25) is 0 Å². The molecule has 1 heterocycles. The molecule has 1 saturated heterocycles. The van der Waals surface area contributed by atoms with Crippen LogP contribution in [0.2, 0.25) is 0 Å². The van der Waals surface area contributed by atoms with Crippen molar-refractivity contribution in [3.63, 3.8) is 0 Å². The largest absolute Gasteiger partial charge is 0.489 e. The first-order valence-electron chi connectivity index (χ1n) is 10.8. The van der Waals surface area contributed by atoms with E-state index in [0.717, 1.165) is 25.5 Å². The lowest BCUT2D eigenvalue weighted by molar-refractivity contribution is 0.146. The summed E-state index contributed by atoms with van der Waals surface area (Å²) in [5.41, 5.74) is 6.77. The summed E-state index contributed by atoms with van der Waals surface area (Å²) in [7, 11) is 1.71. The molecular formula is C25H36N2O2. The van der Waals surface area contributed by atoms with E-state index in [1.807, 2.05) is 0 Å². The molecule has 1 aliphatic heterocycles. The van der Waals surface area contributed by atoms with Gasteiger partial charge in [-0.1, -0.05) is 58.0 Å².